The molecule has 0 fully saturated rings. The zero-order valence-corrected chi connectivity index (χ0v) is 7.22. The molecule has 0 aliphatic carbocycles. The van der Waals surface area contributed by atoms with E-state index in [1.165, 1.54) is 5.57 Å². The van der Waals surface area contributed by atoms with E-state index in [1.54, 1.807) is 6.92 Å². The van der Waals surface area contributed by atoms with Gasteiger partial charge in [-0.15, -0.1) is 0 Å². The van der Waals surface area contributed by atoms with Crippen molar-refractivity contribution in [3.05, 3.63) is 11.6 Å². The molecule has 0 bridgehead atoms. The Kier molecular flexibility index (Phi) is 4.54. The molecule has 0 heterocycles. The van der Waals surface area contributed by atoms with Crippen LogP contribution >= 0.6 is 0 Å². The first-order chi connectivity index (χ1) is 5.04. The summed E-state index contributed by atoms with van der Waals surface area (Å²) in [6.07, 6.45) is 1.96. The molecule has 0 saturated heterocycles. The van der Waals surface area contributed by atoms with Gasteiger partial charge in [0, 0.05) is 6.54 Å². The molecule has 0 rings (SSSR count). The van der Waals surface area contributed by atoms with Crippen molar-refractivity contribution in [3.63, 3.8) is 0 Å². The number of nitrogens with one attached hydrogen (secondary N) is 1. The van der Waals surface area contributed by atoms with Gasteiger partial charge in [0.25, 0.3) is 0 Å². The van der Waals surface area contributed by atoms with Gasteiger partial charge in [0.1, 0.15) is 6.04 Å². The Morgan fingerprint density at radius 2 is 2.18 bits per heavy atom. The zero-order valence-electron chi connectivity index (χ0n) is 7.22. The van der Waals surface area contributed by atoms with Crippen LogP contribution in [-0.2, 0) is 4.79 Å². The van der Waals surface area contributed by atoms with Gasteiger partial charge in [0.05, 0.1) is 0 Å². The van der Waals surface area contributed by atoms with Crippen LogP contribution in [0.1, 0.15) is 20.8 Å². The van der Waals surface area contributed by atoms with Gasteiger partial charge in [-0.05, 0) is 20.8 Å². The highest BCUT2D eigenvalue weighted by atomic mass is 16.4. The van der Waals surface area contributed by atoms with E-state index in [0.717, 1.165) is 0 Å². The number of aliphatic carboxylic acids is 1. The van der Waals surface area contributed by atoms with Gasteiger partial charge in [-0.2, -0.15) is 0 Å². The fourth-order valence-electron chi connectivity index (χ4n) is 0.527. The molecule has 3 nitrogen and oxygen atoms in total. The third-order valence-corrected chi connectivity index (χ3v) is 1.30. The number of allylic oxidation sites excluding steroid dienone is 1. The standard InChI is InChI=1S/C8H15NO2/c1-6(2)4-5-9-7(3)8(10)11/h4,7,9H,5H2,1-3H3,(H,10,11)/t7-/m1/s1. The molecule has 0 aromatic rings. The number of hydrogen-bond acceptors (Lipinski definition) is 2. The van der Waals surface area contributed by atoms with Crippen LogP contribution in [0, 0.1) is 0 Å². The Bertz CT molecular complexity index is 159. The Hall–Kier alpha value is -0.830. The molecule has 3 heteroatoms. The summed E-state index contributed by atoms with van der Waals surface area (Å²) >= 11 is 0. The minimum atomic E-state index is -0.813. The van der Waals surface area contributed by atoms with Crippen molar-refractivity contribution < 1.29 is 9.90 Å². The summed E-state index contributed by atoms with van der Waals surface area (Å²) in [5.74, 6) is -0.813. The van der Waals surface area contributed by atoms with Gasteiger partial charge in [0.15, 0.2) is 0 Å². The van der Waals surface area contributed by atoms with Crippen molar-refractivity contribution in [2.45, 2.75) is 26.8 Å². The number of carboxylic acid groups (broad SMARTS) is 1. The minimum Gasteiger partial charge on any atom is -0.480 e. The van der Waals surface area contributed by atoms with Crippen LogP contribution in [0.2, 0.25) is 0 Å². The van der Waals surface area contributed by atoms with Crippen LogP contribution in [0.15, 0.2) is 11.6 Å². The first-order valence-corrected chi connectivity index (χ1v) is 3.63. The number of carboxylic acids is 1. The molecule has 0 aliphatic rings. The van der Waals surface area contributed by atoms with Crippen molar-refractivity contribution in [2.24, 2.45) is 0 Å². The van der Waals surface area contributed by atoms with Crippen molar-refractivity contribution in [1.82, 2.24) is 5.32 Å². The Morgan fingerprint density at radius 1 is 1.64 bits per heavy atom. The summed E-state index contributed by atoms with van der Waals surface area (Å²) in [5, 5.41) is 11.3. The van der Waals surface area contributed by atoms with Gasteiger partial charge >= 0.3 is 5.97 Å². The van der Waals surface area contributed by atoms with E-state index in [2.05, 4.69) is 5.32 Å². The molecule has 11 heavy (non-hydrogen) atoms. The predicted octanol–water partition coefficient (Wildman–Crippen LogP) is 1.02. The molecule has 0 saturated carbocycles. The maximum Gasteiger partial charge on any atom is 0.320 e. The smallest absolute Gasteiger partial charge is 0.320 e. The van der Waals surface area contributed by atoms with Crippen molar-refractivity contribution in [2.75, 3.05) is 6.54 Å². The molecule has 0 aromatic heterocycles. The van der Waals surface area contributed by atoms with E-state index >= 15 is 0 Å². The van der Waals surface area contributed by atoms with Crippen molar-refractivity contribution in [1.29, 1.82) is 0 Å². The Labute approximate surface area is 67.1 Å². The summed E-state index contributed by atoms with van der Waals surface area (Å²) < 4.78 is 0. The van der Waals surface area contributed by atoms with Crippen LogP contribution in [0.3, 0.4) is 0 Å². The number of hydrogen-bond donors (Lipinski definition) is 2. The quantitative estimate of drug-likeness (QED) is 0.599. The largest absolute Gasteiger partial charge is 0.480 e. The fraction of sp³-hybridized carbons (Fsp3) is 0.625. The van der Waals surface area contributed by atoms with Crippen LogP contribution in [-0.4, -0.2) is 23.7 Å². The minimum absolute atomic E-state index is 0.467. The first-order valence-electron chi connectivity index (χ1n) is 3.63. The van der Waals surface area contributed by atoms with Crippen molar-refractivity contribution in [3.8, 4) is 0 Å². The second-order valence-electron chi connectivity index (χ2n) is 2.75. The zero-order chi connectivity index (χ0) is 8.85. The lowest BCUT2D eigenvalue weighted by Crippen LogP contribution is -2.33. The van der Waals surface area contributed by atoms with Crippen LogP contribution in [0.25, 0.3) is 0 Å². The van der Waals surface area contributed by atoms with Crippen LogP contribution in [0.4, 0.5) is 0 Å². The maximum atomic E-state index is 10.3. The molecule has 0 spiro atoms. The lowest BCUT2D eigenvalue weighted by Gasteiger charge is -2.05. The highest BCUT2D eigenvalue weighted by Crippen LogP contribution is 1.87. The summed E-state index contributed by atoms with van der Waals surface area (Å²) in [6, 6.07) is -0.467. The molecule has 2 N–H and O–H groups in total. The molecule has 0 aliphatic heterocycles. The second kappa shape index (κ2) is 4.91. The van der Waals surface area contributed by atoms with Gasteiger partial charge < -0.3 is 10.4 Å². The fourth-order valence-corrected chi connectivity index (χ4v) is 0.527. The van der Waals surface area contributed by atoms with Crippen molar-refractivity contribution >= 4 is 5.97 Å². The molecule has 0 radical (unpaired) electrons. The topological polar surface area (TPSA) is 49.3 Å². The van der Waals surface area contributed by atoms with Gasteiger partial charge in [-0.3, -0.25) is 4.79 Å². The van der Waals surface area contributed by atoms with E-state index in [0.29, 0.717) is 6.54 Å². The van der Waals surface area contributed by atoms with Gasteiger partial charge in [-0.25, -0.2) is 0 Å². The average molecular weight is 157 g/mol. The van der Waals surface area contributed by atoms with E-state index in [1.807, 2.05) is 19.9 Å². The number of carbonyl (C=O) groups is 1. The molecular weight excluding hydrogens is 142 g/mol. The molecular formula is C8H15NO2. The lowest BCUT2D eigenvalue weighted by atomic mass is 10.3. The normalized spacial score (nSPS) is 12.3. The van der Waals surface area contributed by atoms with E-state index in [9.17, 15) is 4.79 Å². The third-order valence-electron chi connectivity index (χ3n) is 1.30. The SMILES string of the molecule is CC(C)=CCN[C@H](C)C(=O)O. The molecule has 64 valence electrons. The third kappa shape index (κ3) is 5.61. The van der Waals surface area contributed by atoms with Gasteiger partial charge in [0.2, 0.25) is 0 Å². The number of rotatable bonds is 4. The Morgan fingerprint density at radius 3 is 2.55 bits per heavy atom. The highest BCUT2D eigenvalue weighted by Gasteiger charge is 2.06. The molecule has 0 amide bonds. The highest BCUT2D eigenvalue weighted by molar-refractivity contribution is 5.72. The molecule has 0 unspecified atom stereocenters. The monoisotopic (exact) mass is 157 g/mol. The summed E-state index contributed by atoms with van der Waals surface area (Å²) in [7, 11) is 0. The van der Waals surface area contributed by atoms with E-state index in [4.69, 9.17) is 5.11 Å². The van der Waals surface area contributed by atoms with Crippen LogP contribution < -0.4 is 5.32 Å². The lowest BCUT2D eigenvalue weighted by molar-refractivity contribution is -0.138. The summed E-state index contributed by atoms with van der Waals surface area (Å²) in [4.78, 5) is 10.3. The second-order valence-corrected chi connectivity index (χ2v) is 2.75. The average Bonchev–Trinajstić information content (AvgIpc) is 1.86. The van der Waals surface area contributed by atoms with Crippen LogP contribution in [0.5, 0.6) is 0 Å². The molecule has 1 atom stereocenters. The first kappa shape index (κ1) is 10.2. The van der Waals surface area contributed by atoms with E-state index in [-0.39, 0.29) is 0 Å². The van der Waals surface area contributed by atoms with E-state index < -0.39 is 12.0 Å². The maximum absolute atomic E-state index is 10.3. The van der Waals surface area contributed by atoms with Gasteiger partial charge in [-0.1, -0.05) is 11.6 Å². The summed E-state index contributed by atoms with van der Waals surface area (Å²) in [5.41, 5.74) is 1.19. The molecule has 0 aromatic carbocycles. The Balaban J connectivity index is 3.55. The predicted molar refractivity (Wildman–Crippen MR) is 44.5 cm³/mol. The summed E-state index contributed by atoms with van der Waals surface area (Å²) in [6.45, 7) is 6.21.